The minimum atomic E-state index is 0.244. The van der Waals surface area contributed by atoms with Crippen LogP contribution in [0.25, 0.3) is 0 Å². The van der Waals surface area contributed by atoms with Crippen LogP contribution in [0.2, 0.25) is 0 Å². The first-order chi connectivity index (χ1) is 10.3. The van der Waals surface area contributed by atoms with Crippen LogP contribution < -0.4 is 14.8 Å². The summed E-state index contributed by atoms with van der Waals surface area (Å²) in [6, 6.07) is 5.95. The van der Waals surface area contributed by atoms with Gasteiger partial charge in [-0.25, -0.2) is 0 Å². The van der Waals surface area contributed by atoms with Crippen molar-refractivity contribution >= 4 is 5.91 Å². The molecule has 0 bridgehead atoms. The molecule has 0 atom stereocenters. The lowest BCUT2D eigenvalue weighted by molar-refractivity contribution is -0.130. The topological polar surface area (TPSA) is 50.8 Å². The number of nitrogens with one attached hydrogen (secondary N) is 1. The molecule has 0 aliphatic carbocycles. The van der Waals surface area contributed by atoms with E-state index in [1.54, 1.807) is 0 Å². The van der Waals surface area contributed by atoms with E-state index in [1.165, 1.54) is 0 Å². The van der Waals surface area contributed by atoms with Crippen molar-refractivity contribution in [2.45, 2.75) is 19.3 Å². The van der Waals surface area contributed by atoms with Crippen LogP contribution in [0, 0.1) is 0 Å². The van der Waals surface area contributed by atoms with Crippen LogP contribution >= 0.6 is 0 Å². The Morgan fingerprint density at radius 1 is 1.14 bits per heavy atom. The van der Waals surface area contributed by atoms with Gasteiger partial charge in [0.05, 0.1) is 0 Å². The minimum absolute atomic E-state index is 0.244. The third-order valence-electron chi connectivity index (χ3n) is 3.93. The summed E-state index contributed by atoms with van der Waals surface area (Å²) in [7, 11) is 0. The number of benzene rings is 1. The molecule has 114 valence electrons. The molecule has 5 nitrogen and oxygen atoms in total. The SMILES string of the molecule is O=C(CCc1ccc2c(c1)OCCO2)N1CCCNCC1. The van der Waals surface area contributed by atoms with Gasteiger partial charge in [-0.3, -0.25) is 4.79 Å². The molecule has 0 saturated carbocycles. The Hall–Kier alpha value is -1.75. The number of hydrogen-bond donors (Lipinski definition) is 1. The quantitative estimate of drug-likeness (QED) is 0.909. The Bertz CT molecular complexity index is 496. The summed E-state index contributed by atoms with van der Waals surface area (Å²) in [6.45, 7) is 4.79. The molecule has 5 heteroatoms. The third kappa shape index (κ3) is 3.67. The Morgan fingerprint density at radius 3 is 2.90 bits per heavy atom. The molecule has 2 aliphatic heterocycles. The van der Waals surface area contributed by atoms with Crippen LogP contribution in [-0.4, -0.2) is 50.2 Å². The van der Waals surface area contributed by atoms with Crippen LogP contribution in [-0.2, 0) is 11.2 Å². The average molecular weight is 290 g/mol. The predicted molar refractivity (Wildman–Crippen MR) is 79.8 cm³/mol. The molecule has 0 aromatic heterocycles. The Labute approximate surface area is 125 Å². The van der Waals surface area contributed by atoms with Crippen LogP contribution in [0.1, 0.15) is 18.4 Å². The van der Waals surface area contributed by atoms with Crippen molar-refractivity contribution in [3.05, 3.63) is 23.8 Å². The molecule has 1 aromatic rings. The monoisotopic (exact) mass is 290 g/mol. The number of carbonyl (C=O) groups is 1. The molecule has 0 spiro atoms. The molecule has 21 heavy (non-hydrogen) atoms. The van der Waals surface area contributed by atoms with E-state index in [-0.39, 0.29) is 5.91 Å². The maximum absolute atomic E-state index is 12.3. The van der Waals surface area contributed by atoms with Crippen molar-refractivity contribution in [1.82, 2.24) is 10.2 Å². The molecule has 1 N–H and O–H groups in total. The summed E-state index contributed by atoms with van der Waals surface area (Å²) in [4.78, 5) is 14.2. The number of aryl methyl sites for hydroxylation is 1. The zero-order valence-corrected chi connectivity index (χ0v) is 12.3. The van der Waals surface area contributed by atoms with Gasteiger partial charge < -0.3 is 19.7 Å². The fourth-order valence-corrected chi connectivity index (χ4v) is 2.75. The number of ether oxygens (including phenoxy) is 2. The number of fused-ring (bicyclic) bond motifs is 1. The molecular weight excluding hydrogens is 268 g/mol. The van der Waals surface area contributed by atoms with Crippen molar-refractivity contribution in [3.8, 4) is 11.5 Å². The van der Waals surface area contributed by atoms with Gasteiger partial charge in [0, 0.05) is 26.1 Å². The van der Waals surface area contributed by atoms with Gasteiger partial charge in [0.15, 0.2) is 11.5 Å². The van der Waals surface area contributed by atoms with Crippen molar-refractivity contribution in [2.24, 2.45) is 0 Å². The van der Waals surface area contributed by atoms with E-state index in [2.05, 4.69) is 5.32 Å². The van der Waals surface area contributed by atoms with Crippen LogP contribution in [0.4, 0.5) is 0 Å². The van der Waals surface area contributed by atoms with Gasteiger partial charge in [0.25, 0.3) is 0 Å². The van der Waals surface area contributed by atoms with Crippen LogP contribution in [0.3, 0.4) is 0 Å². The highest BCUT2D eigenvalue weighted by Gasteiger charge is 2.16. The van der Waals surface area contributed by atoms with Gasteiger partial charge in [0.2, 0.25) is 5.91 Å². The Kier molecular flexibility index (Phi) is 4.60. The zero-order chi connectivity index (χ0) is 14.5. The standard InChI is InChI=1S/C16H22N2O3/c19-16(18-8-1-6-17-7-9-18)5-3-13-2-4-14-15(12-13)21-11-10-20-14/h2,4,12,17H,1,3,5-11H2. The molecule has 1 amide bonds. The second kappa shape index (κ2) is 6.80. The highest BCUT2D eigenvalue weighted by atomic mass is 16.6. The van der Waals surface area contributed by atoms with Gasteiger partial charge in [-0.2, -0.15) is 0 Å². The highest BCUT2D eigenvalue weighted by molar-refractivity contribution is 5.76. The van der Waals surface area contributed by atoms with E-state index >= 15 is 0 Å². The van der Waals surface area contributed by atoms with E-state index in [9.17, 15) is 4.79 Å². The fourth-order valence-electron chi connectivity index (χ4n) is 2.75. The van der Waals surface area contributed by atoms with Gasteiger partial charge in [-0.15, -0.1) is 0 Å². The maximum Gasteiger partial charge on any atom is 0.222 e. The van der Waals surface area contributed by atoms with Crippen molar-refractivity contribution in [1.29, 1.82) is 0 Å². The van der Waals surface area contributed by atoms with Gasteiger partial charge in [-0.1, -0.05) is 6.07 Å². The summed E-state index contributed by atoms with van der Waals surface area (Å²) >= 11 is 0. The Morgan fingerprint density at radius 2 is 2.00 bits per heavy atom. The molecule has 1 fully saturated rings. The lowest BCUT2D eigenvalue weighted by Gasteiger charge is -2.21. The smallest absolute Gasteiger partial charge is 0.222 e. The molecule has 0 unspecified atom stereocenters. The molecule has 1 saturated heterocycles. The molecular formula is C16H22N2O3. The first-order valence-electron chi connectivity index (χ1n) is 7.70. The van der Waals surface area contributed by atoms with Crippen molar-refractivity contribution < 1.29 is 14.3 Å². The van der Waals surface area contributed by atoms with Crippen LogP contribution in [0.15, 0.2) is 18.2 Å². The molecule has 0 radical (unpaired) electrons. The van der Waals surface area contributed by atoms with E-state index in [0.717, 1.165) is 56.1 Å². The lowest BCUT2D eigenvalue weighted by atomic mass is 10.1. The summed E-state index contributed by atoms with van der Waals surface area (Å²) in [5.74, 6) is 1.84. The minimum Gasteiger partial charge on any atom is -0.486 e. The molecule has 2 heterocycles. The summed E-state index contributed by atoms with van der Waals surface area (Å²) < 4.78 is 11.1. The number of carbonyl (C=O) groups excluding carboxylic acids is 1. The van der Waals surface area contributed by atoms with E-state index in [0.29, 0.717) is 19.6 Å². The summed E-state index contributed by atoms with van der Waals surface area (Å²) in [6.07, 6.45) is 2.34. The second-order valence-corrected chi connectivity index (χ2v) is 5.46. The number of amides is 1. The second-order valence-electron chi connectivity index (χ2n) is 5.46. The average Bonchev–Trinajstić information content (AvgIpc) is 2.81. The number of nitrogens with zero attached hydrogens (tertiary/aromatic N) is 1. The lowest BCUT2D eigenvalue weighted by Crippen LogP contribution is -2.34. The summed E-state index contributed by atoms with van der Waals surface area (Å²) in [5, 5.41) is 3.32. The molecule has 3 rings (SSSR count). The fraction of sp³-hybridized carbons (Fsp3) is 0.562. The maximum atomic E-state index is 12.3. The number of hydrogen-bond acceptors (Lipinski definition) is 4. The van der Waals surface area contributed by atoms with Crippen LogP contribution in [0.5, 0.6) is 11.5 Å². The normalized spacial score (nSPS) is 18.2. The highest BCUT2D eigenvalue weighted by Crippen LogP contribution is 2.31. The first kappa shape index (κ1) is 14.2. The van der Waals surface area contributed by atoms with Crippen molar-refractivity contribution in [2.75, 3.05) is 39.4 Å². The molecule has 1 aromatic carbocycles. The van der Waals surface area contributed by atoms with Gasteiger partial charge in [0.1, 0.15) is 13.2 Å². The van der Waals surface area contributed by atoms with Gasteiger partial charge >= 0.3 is 0 Å². The largest absolute Gasteiger partial charge is 0.486 e. The van der Waals surface area contributed by atoms with E-state index in [1.807, 2.05) is 23.1 Å². The zero-order valence-electron chi connectivity index (χ0n) is 12.3. The Balaban J connectivity index is 1.55. The van der Waals surface area contributed by atoms with E-state index < -0.39 is 0 Å². The number of rotatable bonds is 3. The van der Waals surface area contributed by atoms with Crippen molar-refractivity contribution in [3.63, 3.8) is 0 Å². The summed E-state index contributed by atoms with van der Waals surface area (Å²) in [5.41, 5.74) is 1.13. The molecule has 2 aliphatic rings. The van der Waals surface area contributed by atoms with Gasteiger partial charge in [-0.05, 0) is 37.1 Å². The predicted octanol–water partition coefficient (Wildman–Crippen LogP) is 1.21. The van der Waals surface area contributed by atoms with E-state index in [4.69, 9.17) is 9.47 Å². The first-order valence-corrected chi connectivity index (χ1v) is 7.70. The third-order valence-corrected chi connectivity index (χ3v) is 3.93.